The molecule has 0 saturated heterocycles. The quantitative estimate of drug-likeness (QED) is 0.929. The maximum atomic E-state index is 8.77. The number of nitrogens with zero attached hydrogens (tertiary/aromatic N) is 2. The van der Waals surface area contributed by atoms with Crippen LogP contribution in [-0.4, -0.2) is 4.98 Å². The molecule has 0 unspecified atom stereocenters. The normalized spacial score (nSPS) is 10.2. The third-order valence-electron chi connectivity index (χ3n) is 2.80. The average molecular weight is 272 g/mol. The highest BCUT2D eigenvalue weighted by Crippen LogP contribution is 2.17. The number of rotatable bonds is 4. The van der Waals surface area contributed by atoms with Gasteiger partial charge >= 0.3 is 0 Å². The Hall–Kier alpha value is -1.89. The van der Waals surface area contributed by atoms with E-state index in [4.69, 9.17) is 16.9 Å². The molecule has 0 fully saturated rings. The lowest BCUT2D eigenvalue weighted by Crippen LogP contribution is -2.13. The minimum atomic E-state index is 0.580. The maximum absolute atomic E-state index is 8.77. The molecule has 0 aliphatic heterocycles. The molecule has 4 heteroatoms. The fourth-order valence-corrected chi connectivity index (χ4v) is 1.95. The summed E-state index contributed by atoms with van der Waals surface area (Å²) in [5, 5.41) is 12.7. The van der Waals surface area contributed by atoms with Crippen molar-refractivity contribution >= 4 is 11.6 Å². The smallest absolute Gasteiger partial charge is 0.0992 e. The average Bonchev–Trinajstić information content (AvgIpc) is 2.42. The Bertz CT molecular complexity index is 600. The van der Waals surface area contributed by atoms with E-state index in [0.29, 0.717) is 17.1 Å². The second-order valence-electron chi connectivity index (χ2n) is 4.33. The molecule has 0 saturated carbocycles. The Balaban J connectivity index is 1.92. The third-order valence-corrected chi connectivity index (χ3v) is 3.15. The van der Waals surface area contributed by atoms with Crippen LogP contribution < -0.4 is 5.32 Å². The van der Waals surface area contributed by atoms with Gasteiger partial charge in [-0.3, -0.25) is 4.98 Å². The van der Waals surface area contributed by atoms with Crippen molar-refractivity contribution in [1.29, 1.82) is 5.26 Å². The van der Waals surface area contributed by atoms with Crippen molar-refractivity contribution in [2.45, 2.75) is 20.0 Å². The van der Waals surface area contributed by atoms with Crippen molar-refractivity contribution in [2.24, 2.45) is 0 Å². The van der Waals surface area contributed by atoms with E-state index < -0.39 is 0 Å². The third kappa shape index (κ3) is 3.78. The van der Waals surface area contributed by atoms with Crippen LogP contribution in [0.4, 0.5) is 0 Å². The lowest BCUT2D eigenvalue weighted by molar-refractivity contribution is 0.691. The lowest BCUT2D eigenvalue weighted by atomic mass is 10.1. The summed E-state index contributed by atoms with van der Waals surface area (Å²) in [4.78, 5) is 4.24. The number of hydrogen-bond donors (Lipinski definition) is 1. The van der Waals surface area contributed by atoms with E-state index in [9.17, 15) is 0 Å². The van der Waals surface area contributed by atoms with Crippen LogP contribution in [0.25, 0.3) is 0 Å². The molecule has 1 aromatic carbocycles. The predicted molar refractivity (Wildman–Crippen MR) is 75.7 cm³/mol. The van der Waals surface area contributed by atoms with Gasteiger partial charge in [0.2, 0.25) is 0 Å². The van der Waals surface area contributed by atoms with Gasteiger partial charge in [0.1, 0.15) is 0 Å². The van der Waals surface area contributed by atoms with Crippen LogP contribution in [0.3, 0.4) is 0 Å². The van der Waals surface area contributed by atoms with Crippen LogP contribution in [0, 0.1) is 18.3 Å². The first-order valence-electron chi connectivity index (χ1n) is 6.00. The second kappa shape index (κ2) is 6.33. The van der Waals surface area contributed by atoms with Crippen LogP contribution in [-0.2, 0) is 13.1 Å². The molecule has 96 valence electrons. The fourth-order valence-electron chi connectivity index (χ4n) is 1.70. The maximum Gasteiger partial charge on any atom is 0.0992 e. The summed E-state index contributed by atoms with van der Waals surface area (Å²) in [7, 11) is 0. The molecule has 0 atom stereocenters. The molecule has 1 heterocycles. The lowest BCUT2D eigenvalue weighted by Gasteiger charge is -2.07. The summed E-state index contributed by atoms with van der Waals surface area (Å²) in [5.41, 5.74) is 3.71. The van der Waals surface area contributed by atoms with Crippen LogP contribution in [0.2, 0.25) is 5.02 Å². The number of benzene rings is 1. The van der Waals surface area contributed by atoms with Crippen molar-refractivity contribution in [2.75, 3.05) is 0 Å². The Labute approximate surface area is 117 Å². The van der Waals surface area contributed by atoms with Crippen molar-refractivity contribution in [3.8, 4) is 6.07 Å². The molecule has 19 heavy (non-hydrogen) atoms. The van der Waals surface area contributed by atoms with Crippen molar-refractivity contribution in [3.05, 3.63) is 63.9 Å². The van der Waals surface area contributed by atoms with E-state index in [-0.39, 0.29) is 0 Å². The molecule has 0 bridgehead atoms. The van der Waals surface area contributed by atoms with Crippen LogP contribution >= 0.6 is 11.6 Å². The fraction of sp³-hybridized carbons (Fsp3) is 0.200. The molecule has 0 aliphatic rings. The highest BCUT2D eigenvalue weighted by atomic mass is 35.5. The predicted octanol–water partition coefficient (Wildman–Crippen LogP) is 3.20. The summed E-state index contributed by atoms with van der Waals surface area (Å²) in [5.74, 6) is 0. The molecule has 1 aromatic heterocycles. The molecular weight excluding hydrogens is 258 g/mol. The largest absolute Gasteiger partial charge is 0.309 e. The highest BCUT2D eigenvalue weighted by Gasteiger charge is 2.01. The molecule has 2 aromatic rings. The first-order chi connectivity index (χ1) is 9.19. The number of pyridine rings is 1. The first kappa shape index (κ1) is 13.5. The van der Waals surface area contributed by atoms with Crippen molar-refractivity contribution in [1.82, 2.24) is 10.3 Å². The Morgan fingerprint density at radius 1 is 1.26 bits per heavy atom. The van der Waals surface area contributed by atoms with Gasteiger partial charge in [-0.25, -0.2) is 0 Å². The summed E-state index contributed by atoms with van der Waals surface area (Å²) in [6.07, 6.45) is 1.86. The number of nitrogens with one attached hydrogen (secondary N) is 1. The van der Waals surface area contributed by atoms with E-state index in [2.05, 4.69) is 22.4 Å². The molecule has 0 spiro atoms. The molecule has 0 aliphatic carbocycles. The Morgan fingerprint density at radius 3 is 2.74 bits per heavy atom. The van der Waals surface area contributed by atoms with E-state index in [1.165, 1.54) is 0 Å². The Morgan fingerprint density at radius 2 is 2.11 bits per heavy atom. The van der Waals surface area contributed by atoms with Gasteiger partial charge in [0.05, 0.1) is 11.6 Å². The zero-order valence-electron chi connectivity index (χ0n) is 10.7. The minimum absolute atomic E-state index is 0.580. The first-order valence-corrected chi connectivity index (χ1v) is 6.37. The zero-order chi connectivity index (χ0) is 13.7. The number of nitriles is 1. The van der Waals surface area contributed by atoms with Crippen molar-refractivity contribution < 1.29 is 0 Å². The van der Waals surface area contributed by atoms with E-state index in [1.807, 2.05) is 25.3 Å². The summed E-state index contributed by atoms with van der Waals surface area (Å²) >= 11 is 6.11. The number of aromatic nitrogens is 1. The van der Waals surface area contributed by atoms with Crippen LogP contribution in [0.5, 0.6) is 0 Å². The summed E-state index contributed by atoms with van der Waals surface area (Å²) in [6, 6.07) is 11.4. The summed E-state index contributed by atoms with van der Waals surface area (Å²) in [6.45, 7) is 3.37. The summed E-state index contributed by atoms with van der Waals surface area (Å²) < 4.78 is 0. The van der Waals surface area contributed by atoms with Gasteiger partial charge < -0.3 is 5.32 Å². The van der Waals surface area contributed by atoms with Gasteiger partial charge in [-0.05, 0) is 36.2 Å². The van der Waals surface area contributed by atoms with Crippen LogP contribution in [0.1, 0.15) is 22.4 Å². The number of halogens is 1. The molecule has 0 amide bonds. The van der Waals surface area contributed by atoms with Crippen LogP contribution in [0.15, 0.2) is 36.5 Å². The van der Waals surface area contributed by atoms with Gasteiger partial charge in [-0.2, -0.15) is 5.26 Å². The monoisotopic (exact) mass is 271 g/mol. The molecule has 1 N–H and O–H groups in total. The van der Waals surface area contributed by atoms with Gasteiger partial charge in [0, 0.05) is 30.0 Å². The molecule has 3 nitrogen and oxygen atoms in total. The topological polar surface area (TPSA) is 48.7 Å². The van der Waals surface area contributed by atoms with E-state index in [1.54, 1.807) is 12.1 Å². The molecule has 2 rings (SSSR count). The second-order valence-corrected chi connectivity index (χ2v) is 4.74. The standard InChI is InChI=1S/C15H14ClN3/c1-11-2-3-13(9-19-11)8-18-10-14-5-4-12(7-17)6-15(14)16/h2-6,9,18H,8,10H2,1H3. The number of aryl methyl sites for hydroxylation is 1. The van der Waals surface area contributed by atoms with Gasteiger partial charge in [0.25, 0.3) is 0 Å². The number of hydrogen-bond acceptors (Lipinski definition) is 3. The minimum Gasteiger partial charge on any atom is -0.309 e. The van der Waals surface area contributed by atoms with E-state index >= 15 is 0 Å². The van der Waals surface area contributed by atoms with Gasteiger partial charge in [0.15, 0.2) is 0 Å². The van der Waals surface area contributed by atoms with Gasteiger partial charge in [-0.15, -0.1) is 0 Å². The molecule has 0 radical (unpaired) electrons. The van der Waals surface area contributed by atoms with E-state index in [0.717, 1.165) is 23.4 Å². The highest BCUT2D eigenvalue weighted by molar-refractivity contribution is 6.31. The Kier molecular flexibility index (Phi) is 4.51. The SMILES string of the molecule is Cc1ccc(CNCc2ccc(C#N)cc2Cl)cn1. The molecular formula is C15H14ClN3. The van der Waals surface area contributed by atoms with Gasteiger partial charge in [-0.1, -0.05) is 23.7 Å². The zero-order valence-corrected chi connectivity index (χ0v) is 11.4. The van der Waals surface area contributed by atoms with Crippen molar-refractivity contribution in [3.63, 3.8) is 0 Å².